The van der Waals surface area contributed by atoms with Crippen LogP contribution < -0.4 is 10.2 Å². The lowest BCUT2D eigenvalue weighted by molar-refractivity contribution is 0.0734. The first-order valence-corrected chi connectivity index (χ1v) is 13.3. The number of hydrazone groups is 1. The van der Waals surface area contributed by atoms with Gasteiger partial charge in [-0.15, -0.1) is 0 Å². The van der Waals surface area contributed by atoms with E-state index in [-0.39, 0.29) is 16.3 Å². The van der Waals surface area contributed by atoms with Gasteiger partial charge in [0.15, 0.2) is 0 Å². The Hall–Kier alpha value is -3.91. The van der Waals surface area contributed by atoms with Gasteiger partial charge >= 0.3 is 5.97 Å². The number of hydrogen-bond donors (Lipinski definition) is 2. The molecule has 0 saturated carbocycles. The van der Waals surface area contributed by atoms with E-state index >= 15 is 0 Å². The number of halogens is 3. The highest BCUT2D eigenvalue weighted by Crippen LogP contribution is 2.37. The molecule has 6 nitrogen and oxygen atoms in total. The van der Waals surface area contributed by atoms with E-state index in [1.165, 1.54) is 6.21 Å². The molecule has 0 saturated heterocycles. The van der Waals surface area contributed by atoms with E-state index < -0.39 is 11.9 Å². The predicted octanol–water partition coefficient (Wildman–Crippen LogP) is 8.20. The van der Waals surface area contributed by atoms with E-state index in [2.05, 4.69) is 31.4 Å². The number of aromatic amines is 1. The molecule has 0 radical (unpaired) electrons. The van der Waals surface area contributed by atoms with Crippen LogP contribution >= 0.6 is 39.1 Å². The number of fused-ring (bicyclic) bond motifs is 1. The zero-order chi connectivity index (χ0) is 27.5. The van der Waals surface area contributed by atoms with Gasteiger partial charge in [0.2, 0.25) is 0 Å². The fourth-order valence-corrected chi connectivity index (χ4v) is 5.01. The smallest absolute Gasteiger partial charge is 0.345 e. The number of hydrogen-bond acceptors (Lipinski definition) is 4. The van der Waals surface area contributed by atoms with Gasteiger partial charge in [-0.25, -0.2) is 10.2 Å². The fraction of sp³-hybridized carbons (Fsp3) is 0.0333. The van der Waals surface area contributed by atoms with Crippen LogP contribution in [-0.2, 0) is 0 Å². The Labute approximate surface area is 242 Å². The van der Waals surface area contributed by atoms with Gasteiger partial charge < -0.3 is 9.72 Å². The molecule has 1 amide bonds. The molecule has 5 aromatic rings. The maximum atomic E-state index is 13.4. The van der Waals surface area contributed by atoms with Crippen molar-refractivity contribution in [1.82, 2.24) is 10.4 Å². The highest BCUT2D eigenvalue weighted by molar-refractivity contribution is 9.10. The number of para-hydroxylation sites is 1. The SMILES string of the molecule is Cc1cccc2c(-c3ccccc3Cl)c(C(=O)NN=Cc3cc(Br)ccc3OC(=O)c3ccccc3Cl)[nH]c12. The van der Waals surface area contributed by atoms with Crippen molar-refractivity contribution in [2.75, 3.05) is 0 Å². The lowest BCUT2D eigenvalue weighted by Crippen LogP contribution is -2.19. The van der Waals surface area contributed by atoms with Gasteiger partial charge in [-0.1, -0.05) is 87.7 Å². The number of esters is 1. The highest BCUT2D eigenvalue weighted by Gasteiger charge is 2.21. The second-order valence-corrected chi connectivity index (χ2v) is 10.3. The predicted molar refractivity (Wildman–Crippen MR) is 159 cm³/mol. The van der Waals surface area contributed by atoms with Crippen molar-refractivity contribution >= 4 is 68.1 Å². The minimum Gasteiger partial charge on any atom is -0.422 e. The van der Waals surface area contributed by atoms with E-state index in [0.29, 0.717) is 21.8 Å². The first-order valence-electron chi connectivity index (χ1n) is 11.8. The Kier molecular flexibility index (Phi) is 7.84. The maximum Gasteiger partial charge on any atom is 0.345 e. The molecule has 2 N–H and O–H groups in total. The van der Waals surface area contributed by atoms with Crippen LogP contribution in [0.5, 0.6) is 5.75 Å². The number of H-pyrrole nitrogens is 1. The van der Waals surface area contributed by atoms with Crippen molar-refractivity contribution < 1.29 is 14.3 Å². The second kappa shape index (κ2) is 11.5. The normalized spacial score (nSPS) is 11.2. The zero-order valence-corrected chi connectivity index (χ0v) is 23.6. The van der Waals surface area contributed by atoms with Gasteiger partial charge in [0, 0.05) is 37.1 Å². The molecule has 0 fully saturated rings. The molecule has 0 aliphatic heterocycles. The third-order valence-corrected chi connectivity index (χ3v) is 7.20. The van der Waals surface area contributed by atoms with Crippen molar-refractivity contribution in [3.05, 3.63) is 122 Å². The molecule has 0 atom stereocenters. The van der Waals surface area contributed by atoms with Crippen molar-refractivity contribution in [2.45, 2.75) is 6.92 Å². The summed E-state index contributed by atoms with van der Waals surface area (Å²) in [5, 5.41) is 5.83. The Morgan fingerprint density at radius 3 is 2.46 bits per heavy atom. The summed E-state index contributed by atoms with van der Waals surface area (Å²) < 4.78 is 6.32. The Morgan fingerprint density at radius 1 is 0.949 bits per heavy atom. The molecule has 1 heterocycles. The molecule has 9 heteroatoms. The minimum absolute atomic E-state index is 0.236. The molecule has 0 spiro atoms. The summed E-state index contributed by atoms with van der Waals surface area (Å²) in [7, 11) is 0. The van der Waals surface area contributed by atoms with Gasteiger partial charge in [-0.05, 0) is 48.9 Å². The van der Waals surface area contributed by atoms with Crippen molar-refractivity contribution in [1.29, 1.82) is 0 Å². The number of carbonyl (C=O) groups is 2. The van der Waals surface area contributed by atoms with Crippen LogP contribution in [0.25, 0.3) is 22.0 Å². The molecular formula is C30H20BrCl2N3O3. The lowest BCUT2D eigenvalue weighted by Gasteiger charge is -2.09. The second-order valence-electron chi connectivity index (χ2n) is 8.60. The largest absolute Gasteiger partial charge is 0.422 e. The van der Waals surface area contributed by atoms with E-state index in [9.17, 15) is 9.59 Å². The van der Waals surface area contributed by atoms with Gasteiger partial charge in [0.1, 0.15) is 11.4 Å². The van der Waals surface area contributed by atoms with Crippen molar-refractivity contribution in [3.63, 3.8) is 0 Å². The van der Waals surface area contributed by atoms with Crippen LogP contribution in [0.3, 0.4) is 0 Å². The van der Waals surface area contributed by atoms with Crippen LogP contribution in [0, 0.1) is 6.92 Å². The zero-order valence-electron chi connectivity index (χ0n) is 20.5. The van der Waals surface area contributed by atoms with E-state index in [0.717, 1.165) is 26.5 Å². The summed E-state index contributed by atoms with van der Waals surface area (Å²) in [4.78, 5) is 29.3. The van der Waals surface area contributed by atoms with Crippen molar-refractivity contribution in [3.8, 4) is 16.9 Å². The summed E-state index contributed by atoms with van der Waals surface area (Å²) in [6, 6.07) is 24.9. The lowest BCUT2D eigenvalue weighted by atomic mass is 10.0. The van der Waals surface area contributed by atoms with Crippen LogP contribution in [0.2, 0.25) is 10.0 Å². The quantitative estimate of drug-likeness (QED) is 0.0868. The number of benzene rings is 4. The van der Waals surface area contributed by atoms with Crippen LogP contribution in [0.15, 0.2) is 94.5 Å². The standard InChI is InChI=1S/C30H20BrCl2N3O3/c1-17-7-6-10-22-26(20-8-2-4-11-23(20)32)28(35-27(17)22)29(37)36-34-16-18-15-19(31)13-14-25(18)39-30(38)21-9-3-5-12-24(21)33/h2-16,35H,1H3,(H,36,37). The molecule has 1 aromatic heterocycles. The molecule has 0 bridgehead atoms. The summed E-state index contributed by atoms with van der Waals surface area (Å²) in [5.41, 5.74) is 6.83. The number of aromatic nitrogens is 1. The van der Waals surface area contributed by atoms with Gasteiger partial charge in [-0.2, -0.15) is 5.10 Å². The molecule has 0 unspecified atom stereocenters. The number of aryl methyl sites for hydroxylation is 1. The van der Waals surface area contributed by atoms with Gasteiger partial charge in [0.05, 0.1) is 16.8 Å². The Morgan fingerprint density at radius 2 is 1.69 bits per heavy atom. The van der Waals surface area contributed by atoms with Crippen molar-refractivity contribution in [2.24, 2.45) is 5.10 Å². The fourth-order valence-electron chi connectivity index (χ4n) is 4.19. The molecule has 4 aromatic carbocycles. The number of amides is 1. The molecule has 39 heavy (non-hydrogen) atoms. The topological polar surface area (TPSA) is 83.5 Å². The summed E-state index contributed by atoms with van der Waals surface area (Å²) in [6.45, 7) is 1.97. The van der Waals surface area contributed by atoms with Gasteiger partial charge in [-0.3, -0.25) is 4.79 Å². The number of carbonyl (C=O) groups excluding carboxylic acids is 2. The van der Waals surface area contributed by atoms with E-state index in [4.69, 9.17) is 27.9 Å². The number of rotatable bonds is 6. The molecule has 194 valence electrons. The minimum atomic E-state index is -0.612. The first kappa shape index (κ1) is 26.7. The molecular weight excluding hydrogens is 601 g/mol. The number of nitrogens with zero attached hydrogens (tertiary/aromatic N) is 1. The Balaban J connectivity index is 1.44. The average Bonchev–Trinajstić information content (AvgIpc) is 3.31. The molecule has 0 aliphatic carbocycles. The average molecular weight is 621 g/mol. The summed E-state index contributed by atoms with van der Waals surface area (Å²) in [6.07, 6.45) is 1.40. The molecule has 0 aliphatic rings. The summed E-state index contributed by atoms with van der Waals surface area (Å²) in [5.74, 6) is -0.820. The van der Waals surface area contributed by atoms with Crippen LogP contribution in [0.4, 0.5) is 0 Å². The van der Waals surface area contributed by atoms with Crippen LogP contribution in [-0.4, -0.2) is 23.1 Å². The van der Waals surface area contributed by atoms with E-state index in [1.54, 1.807) is 48.5 Å². The highest BCUT2D eigenvalue weighted by atomic mass is 79.9. The van der Waals surface area contributed by atoms with E-state index in [1.807, 2.05) is 43.3 Å². The third kappa shape index (κ3) is 5.61. The number of nitrogens with one attached hydrogen (secondary N) is 2. The summed E-state index contributed by atoms with van der Waals surface area (Å²) >= 11 is 16.1. The van der Waals surface area contributed by atoms with Crippen LogP contribution in [0.1, 0.15) is 32.0 Å². The monoisotopic (exact) mass is 619 g/mol. The number of ether oxygens (including phenoxy) is 1. The molecule has 5 rings (SSSR count). The Bertz CT molecular complexity index is 1760. The first-order chi connectivity index (χ1) is 18.8. The third-order valence-electron chi connectivity index (χ3n) is 6.05. The van der Waals surface area contributed by atoms with Gasteiger partial charge in [0.25, 0.3) is 5.91 Å². The maximum absolute atomic E-state index is 13.4.